The summed E-state index contributed by atoms with van der Waals surface area (Å²) in [5.74, 6) is -0.0456. The fraction of sp³-hybridized carbons (Fsp3) is 0.375. The van der Waals surface area contributed by atoms with E-state index in [2.05, 4.69) is 25.1 Å². The van der Waals surface area contributed by atoms with Gasteiger partial charge in [-0.25, -0.2) is 8.78 Å². The normalized spacial score (nSPS) is 13.2. The van der Waals surface area contributed by atoms with Gasteiger partial charge in [-0.15, -0.1) is 0 Å². The van der Waals surface area contributed by atoms with Crippen LogP contribution in [0.2, 0.25) is 0 Å². The van der Waals surface area contributed by atoms with Gasteiger partial charge in [0.2, 0.25) is 6.43 Å². The lowest BCUT2D eigenvalue weighted by Gasteiger charge is -2.15. The first-order valence-corrected chi connectivity index (χ1v) is 6.38. The van der Waals surface area contributed by atoms with Crippen LogP contribution in [0.15, 0.2) is 36.4 Å². The van der Waals surface area contributed by atoms with Crippen molar-refractivity contribution in [1.82, 2.24) is 0 Å². The lowest BCUT2D eigenvalue weighted by atomic mass is 9.91. The van der Waals surface area contributed by atoms with Crippen molar-refractivity contribution in [2.75, 3.05) is 0 Å². The van der Waals surface area contributed by atoms with Crippen LogP contribution >= 0.6 is 0 Å². The number of fused-ring (bicyclic) bond motifs is 1. The molecule has 0 fully saturated rings. The highest BCUT2D eigenvalue weighted by molar-refractivity contribution is 5.83. The van der Waals surface area contributed by atoms with Gasteiger partial charge in [-0.3, -0.25) is 0 Å². The summed E-state index contributed by atoms with van der Waals surface area (Å²) < 4.78 is 25.0. The third-order valence-electron chi connectivity index (χ3n) is 3.45. The highest BCUT2D eigenvalue weighted by atomic mass is 19.3. The summed E-state index contributed by atoms with van der Waals surface area (Å²) in [4.78, 5) is 0. The van der Waals surface area contributed by atoms with E-state index in [1.165, 1.54) is 10.9 Å². The van der Waals surface area contributed by atoms with E-state index in [0.29, 0.717) is 0 Å². The van der Waals surface area contributed by atoms with E-state index in [1.54, 1.807) is 0 Å². The zero-order valence-corrected chi connectivity index (χ0v) is 10.8. The van der Waals surface area contributed by atoms with E-state index in [9.17, 15) is 8.78 Å². The molecule has 0 aliphatic carbocycles. The topological polar surface area (TPSA) is 0 Å². The minimum atomic E-state index is -2.23. The number of hydrogen-bond donors (Lipinski definition) is 0. The van der Waals surface area contributed by atoms with Crippen LogP contribution in [0.5, 0.6) is 0 Å². The molecule has 2 heteroatoms. The van der Waals surface area contributed by atoms with Crippen molar-refractivity contribution in [2.24, 2.45) is 0 Å². The van der Waals surface area contributed by atoms with Gasteiger partial charge in [-0.2, -0.15) is 0 Å². The molecule has 2 rings (SSSR count). The molecule has 1 unspecified atom stereocenters. The molecule has 0 saturated carbocycles. The molecule has 0 nitrogen and oxygen atoms in total. The first kappa shape index (κ1) is 13.0. The summed E-state index contributed by atoms with van der Waals surface area (Å²) in [5, 5.41) is 2.30. The lowest BCUT2D eigenvalue weighted by Crippen LogP contribution is -2.03. The molecule has 0 amide bonds. The molecule has 0 heterocycles. The molecule has 0 aromatic heterocycles. The smallest absolute Gasteiger partial charge is 0.211 e. The minimum Gasteiger partial charge on any atom is -0.211 e. The molecule has 0 bridgehead atoms. The fourth-order valence-electron chi connectivity index (χ4n) is 2.39. The standard InChI is InChI=1S/C16H18F2/c1-3-12(10-16(17)18)14-7-6-13-8-11(2)4-5-15(13)9-14/h4-9,12,16H,3,10H2,1-2H3. The summed E-state index contributed by atoms with van der Waals surface area (Å²) in [7, 11) is 0. The molecule has 18 heavy (non-hydrogen) atoms. The minimum absolute atomic E-state index is 0.0456. The van der Waals surface area contributed by atoms with Crippen molar-refractivity contribution >= 4 is 10.8 Å². The fourth-order valence-corrected chi connectivity index (χ4v) is 2.39. The Morgan fingerprint density at radius 3 is 2.33 bits per heavy atom. The van der Waals surface area contributed by atoms with E-state index in [0.717, 1.165) is 17.4 Å². The van der Waals surface area contributed by atoms with Gasteiger partial charge >= 0.3 is 0 Å². The molecule has 0 aliphatic heterocycles. The van der Waals surface area contributed by atoms with Crippen LogP contribution in [0.1, 0.15) is 36.8 Å². The first-order valence-electron chi connectivity index (χ1n) is 6.38. The van der Waals surface area contributed by atoms with Crippen molar-refractivity contribution in [3.05, 3.63) is 47.5 Å². The second-order valence-corrected chi connectivity index (χ2v) is 4.84. The van der Waals surface area contributed by atoms with Gasteiger partial charge in [0.1, 0.15) is 0 Å². The lowest BCUT2D eigenvalue weighted by molar-refractivity contribution is 0.127. The molecule has 0 aliphatic rings. The van der Waals surface area contributed by atoms with Crippen molar-refractivity contribution in [3.63, 3.8) is 0 Å². The predicted octanol–water partition coefficient (Wildman–Crippen LogP) is 5.30. The summed E-state index contributed by atoms with van der Waals surface area (Å²) in [5.41, 5.74) is 2.24. The van der Waals surface area contributed by atoms with Crippen LogP contribution < -0.4 is 0 Å². The average molecular weight is 248 g/mol. The Morgan fingerprint density at radius 2 is 1.67 bits per heavy atom. The first-order chi connectivity index (χ1) is 8.60. The van der Waals surface area contributed by atoms with Crippen LogP contribution in [0.3, 0.4) is 0 Å². The maximum atomic E-state index is 12.5. The van der Waals surface area contributed by atoms with Gasteiger partial charge in [-0.05, 0) is 35.6 Å². The number of rotatable bonds is 4. The number of benzene rings is 2. The Hall–Kier alpha value is -1.44. The largest absolute Gasteiger partial charge is 0.239 e. The monoisotopic (exact) mass is 248 g/mol. The second-order valence-electron chi connectivity index (χ2n) is 4.84. The Bertz CT molecular complexity index is 532. The van der Waals surface area contributed by atoms with Gasteiger partial charge in [0, 0.05) is 6.42 Å². The maximum Gasteiger partial charge on any atom is 0.239 e. The molecule has 96 valence electrons. The quantitative estimate of drug-likeness (QED) is 0.689. The van der Waals surface area contributed by atoms with Gasteiger partial charge in [0.25, 0.3) is 0 Å². The van der Waals surface area contributed by atoms with Crippen LogP contribution in [0.4, 0.5) is 8.78 Å². The maximum absolute atomic E-state index is 12.5. The third-order valence-corrected chi connectivity index (χ3v) is 3.45. The number of halogens is 2. The van der Waals surface area contributed by atoms with Crippen molar-refractivity contribution in [2.45, 2.75) is 39.0 Å². The molecule has 0 spiro atoms. The molecule has 0 radical (unpaired) electrons. The van der Waals surface area contributed by atoms with Crippen molar-refractivity contribution in [3.8, 4) is 0 Å². The summed E-state index contributed by atoms with van der Waals surface area (Å²) in [6, 6.07) is 12.3. The molecular formula is C16H18F2. The number of hydrogen-bond acceptors (Lipinski definition) is 0. The highest BCUT2D eigenvalue weighted by Crippen LogP contribution is 2.29. The SMILES string of the molecule is CCC(CC(F)F)c1ccc2cc(C)ccc2c1. The van der Waals surface area contributed by atoms with Gasteiger partial charge < -0.3 is 0 Å². The molecule has 0 saturated heterocycles. The van der Waals surface area contributed by atoms with E-state index in [4.69, 9.17) is 0 Å². The van der Waals surface area contributed by atoms with Crippen LogP contribution in [-0.4, -0.2) is 6.43 Å². The van der Waals surface area contributed by atoms with Crippen molar-refractivity contribution in [1.29, 1.82) is 0 Å². The van der Waals surface area contributed by atoms with Gasteiger partial charge in [0.15, 0.2) is 0 Å². The Kier molecular flexibility index (Phi) is 3.95. The Labute approximate surface area is 107 Å². The third kappa shape index (κ3) is 2.87. The summed E-state index contributed by atoms with van der Waals surface area (Å²) in [6.45, 7) is 4.02. The zero-order valence-electron chi connectivity index (χ0n) is 10.8. The molecule has 2 aromatic rings. The molecular weight excluding hydrogens is 230 g/mol. The molecule has 1 atom stereocenters. The second kappa shape index (κ2) is 5.47. The van der Waals surface area contributed by atoms with E-state index >= 15 is 0 Å². The highest BCUT2D eigenvalue weighted by Gasteiger charge is 2.15. The van der Waals surface area contributed by atoms with E-state index in [1.807, 2.05) is 25.1 Å². The molecule has 0 N–H and O–H groups in total. The Balaban J connectivity index is 2.36. The van der Waals surface area contributed by atoms with Gasteiger partial charge in [-0.1, -0.05) is 48.9 Å². The number of alkyl halides is 2. The average Bonchev–Trinajstić information content (AvgIpc) is 2.35. The molecule has 2 aromatic carbocycles. The summed E-state index contributed by atoms with van der Waals surface area (Å²) in [6.07, 6.45) is -1.53. The zero-order chi connectivity index (χ0) is 13.1. The van der Waals surface area contributed by atoms with Crippen LogP contribution in [-0.2, 0) is 0 Å². The van der Waals surface area contributed by atoms with Crippen molar-refractivity contribution < 1.29 is 8.78 Å². The van der Waals surface area contributed by atoms with Crippen LogP contribution in [0.25, 0.3) is 10.8 Å². The van der Waals surface area contributed by atoms with Gasteiger partial charge in [0.05, 0.1) is 0 Å². The van der Waals surface area contributed by atoms with E-state index in [-0.39, 0.29) is 12.3 Å². The summed E-state index contributed by atoms with van der Waals surface area (Å²) >= 11 is 0. The predicted molar refractivity (Wildman–Crippen MR) is 72.3 cm³/mol. The Morgan fingerprint density at radius 1 is 1.00 bits per heavy atom. The van der Waals surface area contributed by atoms with Crippen LogP contribution in [0, 0.1) is 6.92 Å². The van der Waals surface area contributed by atoms with E-state index < -0.39 is 6.43 Å². The number of aryl methyl sites for hydroxylation is 1.